The molecule has 2 aliphatic heterocycles. The molecule has 1 saturated heterocycles. The molecule has 1 fully saturated rings. The Labute approximate surface area is 85.3 Å². The Bertz CT molecular complexity index is 285. The molecule has 0 aromatic rings. The van der Waals surface area contributed by atoms with Crippen molar-refractivity contribution in [2.24, 2.45) is 5.92 Å². The molecule has 2 heterocycles. The van der Waals surface area contributed by atoms with Crippen molar-refractivity contribution in [3.8, 4) is 0 Å². The van der Waals surface area contributed by atoms with Crippen LogP contribution in [-0.4, -0.2) is 26.9 Å². The molecule has 72 valence electrons. The van der Waals surface area contributed by atoms with Crippen LogP contribution in [0.15, 0.2) is 10.5 Å². The Balaban J connectivity index is 2.18. The van der Waals surface area contributed by atoms with Crippen molar-refractivity contribution in [1.82, 2.24) is 5.32 Å². The van der Waals surface area contributed by atoms with Gasteiger partial charge < -0.3 is 0 Å². The number of carbonyl (C=O) groups is 1. The maximum absolute atomic E-state index is 11.6. The van der Waals surface area contributed by atoms with Crippen molar-refractivity contribution in [2.45, 2.75) is 37.5 Å². The summed E-state index contributed by atoms with van der Waals surface area (Å²) in [5, 5.41) is 3.01. The summed E-state index contributed by atoms with van der Waals surface area (Å²) in [6.07, 6.45) is 1.05. The molecule has 2 nitrogen and oxygen atoms in total. The number of rotatable bonds is 2. The Kier molecular flexibility index (Phi) is 2.04. The molecule has 3 heteroatoms. The number of carbonyl (C=O) groups excluding carboxylic acids is 1. The first kappa shape index (κ1) is 9.29. The summed E-state index contributed by atoms with van der Waals surface area (Å²) >= 11 is 0.383. The van der Waals surface area contributed by atoms with Crippen molar-refractivity contribution in [1.29, 1.82) is 0 Å². The van der Waals surface area contributed by atoms with E-state index in [1.165, 1.54) is 5.57 Å². The SMILES string of the molecule is CC1=C[Se]C2(CC(C)C)C(=O)NC12. The minimum atomic E-state index is 0.00521. The molecule has 0 bridgehead atoms. The zero-order valence-electron chi connectivity index (χ0n) is 8.26. The molecule has 2 aliphatic rings. The molecule has 0 aromatic heterocycles. The van der Waals surface area contributed by atoms with Crippen LogP contribution in [0.2, 0.25) is 4.31 Å². The second kappa shape index (κ2) is 2.86. The summed E-state index contributed by atoms with van der Waals surface area (Å²) in [6.45, 7) is 6.52. The molecule has 13 heavy (non-hydrogen) atoms. The number of nitrogens with one attached hydrogen (secondary N) is 1. The van der Waals surface area contributed by atoms with Crippen LogP contribution in [0, 0.1) is 5.92 Å². The topological polar surface area (TPSA) is 29.1 Å². The van der Waals surface area contributed by atoms with Crippen molar-refractivity contribution in [3.05, 3.63) is 10.5 Å². The molecule has 0 spiro atoms. The standard InChI is InChI=1S/C10H15NOSe/c1-6(2)4-10-8(11-9(10)12)7(3)5-13-10/h5-6,8H,4H2,1-3H3,(H,11,12). The van der Waals surface area contributed by atoms with E-state index in [4.69, 9.17) is 0 Å². The van der Waals surface area contributed by atoms with Crippen LogP contribution in [-0.2, 0) is 4.79 Å². The zero-order chi connectivity index (χ0) is 9.64. The molecule has 1 amide bonds. The number of hydrogen-bond acceptors (Lipinski definition) is 1. The number of fused-ring (bicyclic) bond motifs is 1. The monoisotopic (exact) mass is 245 g/mol. The van der Waals surface area contributed by atoms with Gasteiger partial charge in [-0.3, -0.25) is 0 Å². The third-order valence-electron chi connectivity index (χ3n) is 2.75. The maximum atomic E-state index is 11.6. The fraction of sp³-hybridized carbons (Fsp3) is 0.700. The summed E-state index contributed by atoms with van der Waals surface area (Å²) in [6, 6.07) is 0.377. The molecule has 2 rings (SSSR count). The molecule has 0 saturated carbocycles. The molecule has 2 atom stereocenters. The second-order valence-corrected chi connectivity index (χ2v) is 6.89. The zero-order valence-corrected chi connectivity index (χ0v) is 9.97. The molecule has 0 aliphatic carbocycles. The molecule has 0 radical (unpaired) electrons. The average Bonchev–Trinajstić information content (AvgIpc) is 2.28. The van der Waals surface area contributed by atoms with Gasteiger partial charge in [0, 0.05) is 0 Å². The third kappa shape index (κ3) is 1.18. The van der Waals surface area contributed by atoms with Gasteiger partial charge >= 0.3 is 85.0 Å². The second-order valence-electron chi connectivity index (χ2n) is 4.37. The fourth-order valence-corrected chi connectivity index (χ4v) is 5.32. The van der Waals surface area contributed by atoms with Crippen molar-refractivity contribution in [2.75, 3.05) is 0 Å². The third-order valence-corrected chi connectivity index (χ3v) is 5.89. The normalized spacial score (nSPS) is 36.8. The predicted molar refractivity (Wildman–Crippen MR) is 53.6 cm³/mol. The first-order chi connectivity index (χ1) is 6.06. The van der Waals surface area contributed by atoms with Crippen molar-refractivity contribution >= 4 is 20.9 Å². The first-order valence-corrected chi connectivity index (χ1v) is 6.56. The Morgan fingerprint density at radius 2 is 2.38 bits per heavy atom. The molecule has 2 unspecified atom stereocenters. The number of β-lactam (4-membered cyclic amide) rings is 1. The van der Waals surface area contributed by atoms with Crippen LogP contribution in [0.4, 0.5) is 0 Å². The van der Waals surface area contributed by atoms with Crippen LogP contribution < -0.4 is 5.32 Å². The van der Waals surface area contributed by atoms with Crippen LogP contribution in [0.1, 0.15) is 27.2 Å². The van der Waals surface area contributed by atoms with Gasteiger partial charge in [0.2, 0.25) is 0 Å². The first-order valence-electron chi connectivity index (χ1n) is 4.72. The van der Waals surface area contributed by atoms with Gasteiger partial charge in [-0.25, -0.2) is 0 Å². The molecular weight excluding hydrogens is 229 g/mol. The average molecular weight is 244 g/mol. The predicted octanol–water partition coefficient (Wildman–Crippen LogP) is 1.31. The fourth-order valence-electron chi connectivity index (χ4n) is 2.16. The van der Waals surface area contributed by atoms with Crippen LogP contribution in [0.5, 0.6) is 0 Å². The summed E-state index contributed by atoms with van der Waals surface area (Å²) in [4.78, 5) is 13.9. The Morgan fingerprint density at radius 1 is 1.69 bits per heavy atom. The molecular formula is C10H15NOSe. The number of amides is 1. The minimum absolute atomic E-state index is 0.00521. The van der Waals surface area contributed by atoms with E-state index in [1.54, 1.807) is 0 Å². The summed E-state index contributed by atoms with van der Waals surface area (Å²) in [5.41, 5.74) is 1.38. The van der Waals surface area contributed by atoms with E-state index >= 15 is 0 Å². The van der Waals surface area contributed by atoms with E-state index in [2.05, 4.69) is 31.1 Å². The van der Waals surface area contributed by atoms with Gasteiger partial charge in [-0.05, 0) is 0 Å². The summed E-state index contributed by atoms with van der Waals surface area (Å²) < 4.78 is 0.00521. The van der Waals surface area contributed by atoms with Crippen LogP contribution in [0.3, 0.4) is 0 Å². The number of hydrogen-bond donors (Lipinski definition) is 1. The van der Waals surface area contributed by atoms with Crippen molar-refractivity contribution in [3.63, 3.8) is 0 Å². The van der Waals surface area contributed by atoms with Gasteiger partial charge in [-0.1, -0.05) is 0 Å². The van der Waals surface area contributed by atoms with E-state index in [0.29, 0.717) is 32.8 Å². The summed E-state index contributed by atoms with van der Waals surface area (Å²) in [7, 11) is 0. The van der Waals surface area contributed by atoms with Crippen LogP contribution >= 0.6 is 0 Å². The van der Waals surface area contributed by atoms with E-state index in [1.807, 2.05) is 0 Å². The Hall–Kier alpha value is -0.271. The summed E-state index contributed by atoms with van der Waals surface area (Å²) in [5.74, 6) is 0.911. The van der Waals surface area contributed by atoms with Gasteiger partial charge in [0.05, 0.1) is 0 Å². The quantitative estimate of drug-likeness (QED) is 0.576. The molecule has 0 aromatic carbocycles. The van der Waals surface area contributed by atoms with E-state index in [0.717, 1.165) is 6.42 Å². The van der Waals surface area contributed by atoms with E-state index in [-0.39, 0.29) is 4.31 Å². The van der Waals surface area contributed by atoms with Gasteiger partial charge in [-0.2, -0.15) is 0 Å². The van der Waals surface area contributed by atoms with E-state index < -0.39 is 0 Å². The van der Waals surface area contributed by atoms with E-state index in [9.17, 15) is 4.79 Å². The van der Waals surface area contributed by atoms with Crippen molar-refractivity contribution < 1.29 is 4.79 Å². The van der Waals surface area contributed by atoms with Gasteiger partial charge in [0.1, 0.15) is 0 Å². The molecule has 1 N–H and O–H groups in total. The van der Waals surface area contributed by atoms with Crippen LogP contribution in [0.25, 0.3) is 0 Å². The van der Waals surface area contributed by atoms with Gasteiger partial charge in [-0.15, -0.1) is 0 Å². The van der Waals surface area contributed by atoms with Gasteiger partial charge in [0.25, 0.3) is 0 Å². The van der Waals surface area contributed by atoms with Gasteiger partial charge in [0.15, 0.2) is 0 Å². The Morgan fingerprint density at radius 3 is 2.85 bits per heavy atom.